The zero-order valence-electron chi connectivity index (χ0n) is 11.7. The smallest absolute Gasteiger partial charge is 0.123 e. The first-order valence-electron chi connectivity index (χ1n) is 6.30. The molecule has 0 aliphatic carbocycles. The van der Waals surface area contributed by atoms with Gasteiger partial charge in [-0.25, -0.2) is 0 Å². The molecule has 0 bridgehead atoms. The summed E-state index contributed by atoms with van der Waals surface area (Å²) >= 11 is 0. The van der Waals surface area contributed by atoms with Crippen molar-refractivity contribution in [2.45, 2.75) is 13.5 Å². The van der Waals surface area contributed by atoms with Gasteiger partial charge >= 0.3 is 0 Å². The van der Waals surface area contributed by atoms with E-state index in [0.717, 1.165) is 23.5 Å². The second-order valence-electron chi connectivity index (χ2n) is 4.76. The highest BCUT2D eigenvalue weighted by Crippen LogP contribution is 2.24. The summed E-state index contributed by atoms with van der Waals surface area (Å²) in [5.74, 6) is 0.869. The van der Waals surface area contributed by atoms with E-state index in [2.05, 4.69) is 43.1 Å². The van der Waals surface area contributed by atoms with Crippen LogP contribution in [0.3, 0.4) is 0 Å². The Labute approximate surface area is 114 Å². The van der Waals surface area contributed by atoms with Crippen LogP contribution < -0.4 is 15.4 Å². The molecule has 0 amide bonds. The molecule has 0 aromatic heterocycles. The normalized spacial score (nSPS) is 10.3. The van der Waals surface area contributed by atoms with Crippen LogP contribution >= 0.6 is 0 Å². The first-order chi connectivity index (χ1) is 9.10. The second kappa shape index (κ2) is 5.65. The number of rotatable bonds is 4. The topological polar surface area (TPSA) is 38.5 Å². The van der Waals surface area contributed by atoms with Crippen LogP contribution in [0.4, 0.5) is 11.4 Å². The summed E-state index contributed by atoms with van der Waals surface area (Å²) in [6.45, 7) is 2.85. The third kappa shape index (κ3) is 3.19. The molecule has 19 heavy (non-hydrogen) atoms. The molecule has 100 valence electrons. The van der Waals surface area contributed by atoms with Gasteiger partial charge < -0.3 is 15.4 Å². The molecule has 0 unspecified atom stereocenters. The molecule has 0 aliphatic rings. The monoisotopic (exact) mass is 256 g/mol. The standard InChI is InChI=1S/C16H20N2O/c1-12-4-7-15(8-5-12)18(2)11-13-10-14(17)6-9-16(13)19-3/h4-10H,11,17H2,1-3H3. The molecule has 3 nitrogen and oxygen atoms in total. The number of hydrogen-bond donors (Lipinski definition) is 1. The van der Waals surface area contributed by atoms with E-state index in [4.69, 9.17) is 10.5 Å². The molecular formula is C16H20N2O. The van der Waals surface area contributed by atoms with Gasteiger partial charge in [-0.05, 0) is 37.3 Å². The average molecular weight is 256 g/mol. The van der Waals surface area contributed by atoms with Crippen LogP contribution in [0, 0.1) is 6.92 Å². The molecule has 0 saturated heterocycles. The number of nitrogens with zero attached hydrogens (tertiary/aromatic N) is 1. The maximum absolute atomic E-state index is 5.84. The van der Waals surface area contributed by atoms with Crippen molar-refractivity contribution >= 4 is 11.4 Å². The largest absolute Gasteiger partial charge is 0.496 e. The summed E-state index contributed by atoms with van der Waals surface area (Å²) in [6.07, 6.45) is 0. The number of nitrogens with two attached hydrogens (primary N) is 1. The van der Waals surface area contributed by atoms with Crippen LogP contribution in [-0.2, 0) is 6.54 Å². The van der Waals surface area contributed by atoms with E-state index in [-0.39, 0.29) is 0 Å². The van der Waals surface area contributed by atoms with E-state index in [1.807, 2.05) is 18.2 Å². The van der Waals surface area contributed by atoms with Gasteiger partial charge in [-0.3, -0.25) is 0 Å². The van der Waals surface area contributed by atoms with Crippen molar-refractivity contribution in [1.82, 2.24) is 0 Å². The van der Waals surface area contributed by atoms with Gasteiger partial charge in [0, 0.05) is 30.5 Å². The van der Waals surface area contributed by atoms with E-state index >= 15 is 0 Å². The molecule has 2 aromatic rings. The number of aryl methyl sites for hydroxylation is 1. The van der Waals surface area contributed by atoms with Gasteiger partial charge in [0.25, 0.3) is 0 Å². The molecule has 0 aliphatic heterocycles. The summed E-state index contributed by atoms with van der Waals surface area (Å²) in [5, 5.41) is 0. The van der Waals surface area contributed by atoms with Crippen LogP contribution in [0.15, 0.2) is 42.5 Å². The zero-order chi connectivity index (χ0) is 13.8. The molecule has 0 fully saturated rings. The molecule has 0 heterocycles. The van der Waals surface area contributed by atoms with Crippen molar-refractivity contribution in [3.63, 3.8) is 0 Å². The first kappa shape index (κ1) is 13.3. The van der Waals surface area contributed by atoms with Gasteiger partial charge in [-0.1, -0.05) is 17.7 Å². The lowest BCUT2D eigenvalue weighted by Gasteiger charge is -2.21. The van der Waals surface area contributed by atoms with Crippen molar-refractivity contribution in [3.8, 4) is 5.75 Å². The van der Waals surface area contributed by atoms with Gasteiger partial charge in [0.15, 0.2) is 0 Å². The molecule has 0 atom stereocenters. The van der Waals surface area contributed by atoms with E-state index in [9.17, 15) is 0 Å². The molecule has 2 aromatic carbocycles. The Bertz CT molecular complexity index is 549. The minimum absolute atomic E-state index is 0.758. The van der Waals surface area contributed by atoms with Crippen LogP contribution in [0.1, 0.15) is 11.1 Å². The maximum Gasteiger partial charge on any atom is 0.123 e. The Kier molecular flexibility index (Phi) is 3.95. The van der Waals surface area contributed by atoms with Gasteiger partial charge in [-0.2, -0.15) is 0 Å². The van der Waals surface area contributed by atoms with E-state index in [1.54, 1.807) is 7.11 Å². The van der Waals surface area contributed by atoms with Crippen LogP contribution in [-0.4, -0.2) is 14.2 Å². The molecule has 2 N–H and O–H groups in total. The molecular weight excluding hydrogens is 236 g/mol. The highest BCUT2D eigenvalue weighted by Gasteiger charge is 2.07. The Balaban J connectivity index is 2.20. The van der Waals surface area contributed by atoms with E-state index < -0.39 is 0 Å². The summed E-state index contributed by atoms with van der Waals surface area (Å²) in [7, 11) is 3.74. The fourth-order valence-corrected chi connectivity index (χ4v) is 2.07. The fourth-order valence-electron chi connectivity index (χ4n) is 2.07. The number of nitrogen functional groups attached to an aromatic ring is 1. The van der Waals surface area contributed by atoms with Crippen molar-refractivity contribution < 1.29 is 4.74 Å². The second-order valence-corrected chi connectivity index (χ2v) is 4.76. The van der Waals surface area contributed by atoms with Gasteiger partial charge in [0.05, 0.1) is 7.11 Å². The number of hydrogen-bond acceptors (Lipinski definition) is 3. The lowest BCUT2D eigenvalue weighted by Crippen LogP contribution is -2.17. The quantitative estimate of drug-likeness (QED) is 0.854. The summed E-state index contributed by atoms with van der Waals surface area (Å²) in [6, 6.07) is 14.2. The fraction of sp³-hybridized carbons (Fsp3) is 0.250. The maximum atomic E-state index is 5.84. The minimum atomic E-state index is 0.758. The summed E-state index contributed by atoms with van der Waals surface area (Å²) < 4.78 is 5.37. The Morgan fingerprint density at radius 1 is 1.11 bits per heavy atom. The Morgan fingerprint density at radius 3 is 2.42 bits per heavy atom. The number of methoxy groups -OCH3 is 1. The first-order valence-corrected chi connectivity index (χ1v) is 6.30. The number of benzene rings is 2. The predicted molar refractivity (Wildman–Crippen MR) is 80.7 cm³/mol. The van der Waals surface area contributed by atoms with Crippen molar-refractivity contribution in [1.29, 1.82) is 0 Å². The average Bonchev–Trinajstić information content (AvgIpc) is 2.39. The highest BCUT2D eigenvalue weighted by molar-refractivity contribution is 5.52. The van der Waals surface area contributed by atoms with Crippen molar-refractivity contribution in [2.24, 2.45) is 0 Å². The third-order valence-corrected chi connectivity index (χ3v) is 3.19. The SMILES string of the molecule is COc1ccc(N)cc1CN(C)c1ccc(C)cc1. The number of anilines is 2. The zero-order valence-corrected chi connectivity index (χ0v) is 11.7. The highest BCUT2D eigenvalue weighted by atomic mass is 16.5. The van der Waals surface area contributed by atoms with Gasteiger partial charge in [0.2, 0.25) is 0 Å². The molecule has 0 spiro atoms. The molecule has 3 heteroatoms. The van der Waals surface area contributed by atoms with Crippen molar-refractivity contribution in [3.05, 3.63) is 53.6 Å². The minimum Gasteiger partial charge on any atom is -0.496 e. The van der Waals surface area contributed by atoms with Crippen LogP contribution in [0.25, 0.3) is 0 Å². The Hall–Kier alpha value is -2.16. The van der Waals surface area contributed by atoms with E-state index in [0.29, 0.717) is 0 Å². The predicted octanol–water partition coefficient (Wildman–Crippen LogP) is 3.22. The Morgan fingerprint density at radius 2 is 1.79 bits per heavy atom. The van der Waals surface area contributed by atoms with Gasteiger partial charge in [0.1, 0.15) is 5.75 Å². The molecule has 2 rings (SSSR count). The lowest BCUT2D eigenvalue weighted by atomic mass is 10.1. The van der Waals surface area contributed by atoms with E-state index in [1.165, 1.54) is 11.3 Å². The van der Waals surface area contributed by atoms with Crippen LogP contribution in [0.2, 0.25) is 0 Å². The number of ether oxygens (including phenoxy) is 1. The summed E-state index contributed by atoms with van der Waals surface area (Å²) in [5.41, 5.74) is 10.1. The molecule has 0 radical (unpaired) electrons. The lowest BCUT2D eigenvalue weighted by molar-refractivity contribution is 0.409. The molecule has 0 saturated carbocycles. The third-order valence-electron chi connectivity index (χ3n) is 3.19. The van der Waals surface area contributed by atoms with Gasteiger partial charge in [-0.15, -0.1) is 0 Å². The van der Waals surface area contributed by atoms with Crippen LogP contribution in [0.5, 0.6) is 5.75 Å². The summed E-state index contributed by atoms with van der Waals surface area (Å²) in [4.78, 5) is 2.18. The van der Waals surface area contributed by atoms with Crippen molar-refractivity contribution in [2.75, 3.05) is 24.8 Å².